The van der Waals surface area contributed by atoms with Gasteiger partial charge in [-0.3, -0.25) is 14.5 Å². The quantitative estimate of drug-likeness (QED) is 0.836. The maximum absolute atomic E-state index is 12.6. The Labute approximate surface area is 142 Å². The number of urea groups is 1. The van der Waals surface area contributed by atoms with Gasteiger partial charge in [0.25, 0.3) is 5.91 Å². The number of nitrogens with one attached hydrogen (secondary N) is 1. The van der Waals surface area contributed by atoms with E-state index in [1.807, 2.05) is 16.8 Å². The molecule has 3 rings (SSSR count). The highest BCUT2D eigenvalue weighted by atomic mass is 32.1. The number of amides is 4. The van der Waals surface area contributed by atoms with Gasteiger partial charge in [-0.25, -0.2) is 4.79 Å². The van der Waals surface area contributed by atoms with Crippen molar-refractivity contribution < 1.29 is 18.8 Å². The van der Waals surface area contributed by atoms with Crippen LogP contribution in [0.4, 0.5) is 4.79 Å². The molecule has 0 radical (unpaired) electrons. The Balaban J connectivity index is 1.70. The largest absolute Gasteiger partial charge is 0.466 e. The Morgan fingerprint density at radius 3 is 2.83 bits per heavy atom. The maximum atomic E-state index is 12.6. The van der Waals surface area contributed by atoms with Gasteiger partial charge in [-0.2, -0.15) is 11.3 Å². The minimum absolute atomic E-state index is 0.304. The van der Waals surface area contributed by atoms with Gasteiger partial charge in [0.05, 0.1) is 6.26 Å². The highest BCUT2D eigenvalue weighted by molar-refractivity contribution is 7.07. The minimum atomic E-state index is -1.28. The Bertz CT molecular complexity index is 756. The van der Waals surface area contributed by atoms with Gasteiger partial charge < -0.3 is 14.6 Å². The molecule has 1 aliphatic heterocycles. The fraction of sp³-hybridized carbons (Fsp3) is 0.312. The normalized spacial score (nSPS) is 20.3. The number of carbonyl (C=O) groups is 3. The topological polar surface area (TPSA) is 82.9 Å². The standard InChI is InChI=1S/C16H17N3O4S/c1-16(12-4-3-6-23-12)14(21)19(15(22)17-16)9-13(20)18(2)8-11-5-7-24-10-11/h3-7,10H,8-9H2,1-2H3,(H,17,22)/t16-/m0/s1. The fourth-order valence-corrected chi connectivity index (χ4v) is 3.23. The van der Waals surface area contributed by atoms with Crippen LogP contribution in [-0.4, -0.2) is 41.2 Å². The molecule has 0 aliphatic carbocycles. The van der Waals surface area contributed by atoms with E-state index in [1.54, 1.807) is 37.4 Å². The summed E-state index contributed by atoms with van der Waals surface area (Å²) >= 11 is 1.55. The second kappa shape index (κ2) is 6.12. The summed E-state index contributed by atoms with van der Waals surface area (Å²) in [6.45, 7) is 1.69. The number of carbonyl (C=O) groups excluding carboxylic acids is 3. The molecule has 0 bridgehead atoms. The van der Waals surface area contributed by atoms with Gasteiger partial charge in [-0.05, 0) is 41.4 Å². The number of thiophene rings is 1. The second-order valence-corrected chi connectivity index (χ2v) is 6.59. The molecule has 0 spiro atoms. The SMILES string of the molecule is CN(Cc1ccsc1)C(=O)CN1C(=O)N[C@@](C)(c2ccco2)C1=O. The lowest BCUT2D eigenvalue weighted by Crippen LogP contribution is -2.43. The molecule has 4 amide bonds. The maximum Gasteiger partial charge on any atom is 0.325 e. The average molecular weight is 347 g/mol. The first-order chi connectivity index (χ1) is 11.4. The van der Waals surface area contributed by atoms with E-state index in [0.717, 1.165) is 10.5 Å². The lowest BCUT2D eigenvalue weighted by molar-refractivity contribution is -0.138. The summed E-state index contributed by atoms with van der Waals surface area (Å²) in [5.74, 6) is -0.476. The van der Waals surface area contributed by atoms with Crippen molar-refractivity contribution in [3.63, 3.8) is 0 Å². The minimum Gasteiger partial charge on any atom is -0.466 e. The number of hydrogen-bond donors (Lipinski definition) is 1. The van der Waals surface area contributed by atoms with E-state index in [1.165, 1.54) is 11.2 Å². The van der Waals surface area contributed by atoms with Crippen LogP contribution in [0.3, 0.4) is 0 Å². The van der Waals surface area contributed by atoms with E-state index >= 15 is 0 Å². The van der Waals surface area contributed by atoms with Crippen molar-refractivity contribution in [3.8, 4) is 0 Å². The van der Waals surface area contributed by atoms with Crippen molar-refractivity contribution in [1.29, 1.82) is 0 Å². The van der Waals surface area contributed by atoms with Crippen molar-refractivity contribution in [3.05, 3.63) is 46.5 Å². The first kappa shape index (κ1) is 16.3. The zero-order valence-corrected chi connectivity index (χ0v) is 14.1. The summed E-state index contributed by atoms with van der Waals surface area (Å²) < 4.78 is 5.25. The zero-order chi connectivity index (χ0) is 17.3. The molecular weight excluding hydrogens is 330 g/mol. The molecule has 1 saturated heterocycles. The molecule has 0 saturated carbocycles. The van der Waals surface area contributed by atoms with Crippen LogP contribution >= 0.6 is 11.3 Å². The van der Waals surface area contributed by atoms with Crippen LogP contribution in [0.1, 0.15) is 18.2 Å². The summed E-state index contributed by atoms with van der Waals surface area (Å²) in [6.07, 6.45) is 1.43. The van der Waals surface area contributed by atoms with E-state index in [4.69, 9.17) is 4.42 Å². The third-order valence-corrected chi connectivity index (χ3v) is 4.74. The molecule has 3 heterocycles. The molecule has 0 unspecified atom stereocenters. The number of nitrogens with zero attached hydrogens (tertiary/aromatic N) is 2. The molecule has 24 heavy (non-hydrogen) atoms. The summed E-state index contributed by atoms with van der Waals surface area (Å²) in [5.41, 5.74) is -0.277. The first-order valence-electron chi connectivity index (χ1n) is 7.35. The summed E-state index contributed by atoms with van der Waals surface area (Å²) in [6, 6.07) is 4.58. The van der Waals surface area contributed by atoms with Crippen molar-refractivity contribution in [1.82, 2.24) is 15.1 Å². The molecule has 1 N–H and O–H groups in total. The van der Waals surface area contributed by atoms with Crippen LogP contribution in [0.15, 0.2) is 39.6 Å². The number of likely N-dealkylation sites (N-methyl/N-ethyl adjacent to an activating group) is 1. The Kier molecular flexibility index (Phi) is 4.15. The number of rotatable bonds is 5. The Morgan fingerprint density at radius 2 is 2.21 bits per heavy atom. The third kappa shape index (κ3) is 2.80. The molecule has 1 fully saturated rings. The molecule has 2 aromatic heterocycles. The van der Waals surface area contributed by atoms with E-state index in [2.05, 4.69) is 5.32 Å². The molecule has 1 aliphatic rings. The predicted molar refractivity (Wildman–Crippen MR) is 87.1 cm³/mol. The van der Waals surface area contributed by atoms with Crippen LogP contribution in [0, 0.1) is 0 Å². The molecule has 126 valence electrons. The van der Waals surface area contributed by atoms with Gasteiger partial charge in [-0.15, -0.1) is 0 Å². The Morgan fingerprint density at radius 1 is 1.42 bits per heavy atom. The van der Waals surface area contributed by atoms with Gasteiger partial charge in [0.15, 0.2) is 5.54 Å². The summed E-state index contributed by atoms with van der Waals surface area (Å²) in [5, 5.41) is 6.48. The lowest BCUT2D eigenvalue weighted by Gasteiger charge is -2.21. The van der Waals surface area contributed by atoms with Crippen molar-refractivity contribution in [2.45, 2.75) is 19.0 Å². The molecular formula is C16H17N3O4S. The molecule has 8 heteroatoms. The molecule has 2 aromatic rings. The highest BCUT2D eigenvalue weighted by Gasteiger charge is 2.51. The average Bonchev–Trinajstić information content (AvgIpc) is 3.27. The van der Waals surface area contributed by atoms with Crippen LogP contribution in [-0.2, 0) is 21.7 Å². The van der Waals surface area contributed by atoms with Crippen molar-refractivity contribution in [2.75, 3.05) is 13.6 Å². The van der Waals surface area contributed by atoms with Crippen LogP contribution in [0.25, 0.3) is 0 Å². The predicted octanol–water partition coefficient (Wildman–Crippen LogP) is 1.77. The van der Waals surface area contributed by atoms with E-state index in [9.17, 15) is 14.4 Å². The van der Waals surface area contributed by atoms with Gasteiger partial charge in [0.2, 0.25) is 5.91 Å². The molecule has 1 atom stereocenters. The molecule has 7 nitrogen and oxygen atoms in total. The van der Waals surface area contributed by atoms with Crippen LogP contribution in [0.2, 0.25) is 0 Å². The number of imide groups is 1. The summed E-state index contributed by atoms with van der Waals surface area (Å²) in [4.78, 5) is 39.5. The van der Waals surface area contributed by atoms with E-state index < -0.39 is 17.5 Å². The highest BCUT2D eigenvalue weighted by Crippen LogP contribution is 2.29. The smallest absolute Gasteiger partial charge is 0.325 e. The van der Waals surface area contributed by atoms with E-state index in [-0.39, 0.29) is 12.5 Å². The lowest BCUT2D eigenvalue weighted by atomic mass is 9.99. The molecule has 0 aromatic carbocycles. The van der Waals surface area contributed by atoms with E-state index in [0.29, 0.717) is 12.3 Å². The fourth-order valence-electron chi connectivity index (χ4n) is 2.57. The second-order valence-electron chi connectivity index (χ2n) is 5.81. The third-order valence-electron chi connectivity index (χ3n) is 4.01. The first-order valence-corrected chi connectivity index (χ1v) is 8.29. The number of hydrogen-bond acceptors (Lipinski definition) is 5. The van der Waals surface area contributed by atoms with Gasteiger partial charge in [0.1, 0.15) is 12.3 Å². The summed E-state index contributed by atoms with van der Waals surface area (Å²) in [7, 11) is 1.64. The van der Waals surface area contributed by atoms with Crippen molar-refractivity contribution in [2.24, 2.45) is 0 Å². The van der Waals surface area contributed by atoms with Crippen LogP contribution < -0.4 is 5.32 Å². The zero-order valence-electron chi connectivity index (χ0n) is 13.3. The van der Waals surface area contributed by atoms with Gasteiger partial charge in [-0.1, -0.05) is 0 Å². The van der Waals surface area contributed by atoms with Gasteiger partial charge in [0, 0.05) is 13.6 Å². The number of furan rings is 1. The Hall–Kier alpha value is -2.61. The monoisotopic (exact) mass is 347 g/mol. The van der Waals surface area contributed by atoms with Gasteiger partial charge >= 0.3 is 6.03 Å². The van der Waals surface area contributed by atoms with Crippen LogP contribution in [0.5, 0.6) is 0 Å². The van der Waals surface area contributed by atoms with Crippen molar-refractivity contribution >= 4 is 29.2 Å².